The lowest BCUT2D eigenvalue weighted by atomic mass is 10.2. The molecule has 100 valence electrons. The van der Waals surface area contributed by atoms with Crippen LogP contribution in [0.2, 0.25) is 0 Å². The van der Waals surface area contributed by atoms with Gasteiger partial charge in [-0.25, -0.2) is 0 Å². The first-order valence-electron chi connectivity index (χ1n) is 5.05. The Morgan fingerprint density at radius 2 is 1.29 bits per heavy atom. The number of carbonyl (C=O) groups is 2. The first kappa shape index (κ1) is 18.0. The van der Waals surface area contributed by atoms with Crippen molar-refractivity contribution in [2.24, 2.45) is 11.8 Å². The number of hydrogen-bond acceptors (Lipinski definition) is 5. The molecule has 0 spiro atoms. The van der Waals surface area contributed by atoms with Crippen LogP contribution in [0.3, 0.4) is 0 Å². The molecule has 0 saturated heterocycles. The van der Waals surface area contributed by atoms with Crippen molar-refractivity contribution in [2.45, 2.75) is 13.8 Å². The standard InChI is InChI=1S/C10H16Cl2O2S3/c1-7(3-11)9(13)16-5-15-6-17-10(14)8(2)4-12/h7-8H,3-6H2,1-2H3. The molecule has 0 radical (unpaired) electrons. The molecule has 0 heterocycles. The maximum Gasteiger partial charge on any atom is 0.193 e. The topological polar surface area (TPSA) is 34.1 Å². The SMILES string of the molecule is CC(CCl)C(=O)SCSCSC(=O)C(C)CCl. The second-order valence-corrected chi connectivity index (χ2v) is 7.77. The fourth-order valence-corrected chi connectivity index (χ4v) is 4.32. The Morgan fingerprint density at radius 3 is 1.59 bits per heavy atom. The average Bonchev–Trinajstić information content (AvgIpc) is 2.35. The highest BCUT2D eigenvalue weighted by atomic mass is 35.5. The van der Waals surface area contributed by atoms with Gasteiger partial charge >= 0.3 is 0 Å². The summed E-state index contributed by atoms with van der Waals surface area (Å²) in [4.78, 5) is 22.8. The summed E-state index contributed by atoms with van der Waals surface area (Å²) in [5.74, 6) is 0.508. The Hall–Kier alpha value is 0.970. The van der Waals surface area contributed by atoms with E-state index < -0.39 is 0 Å². The molecule has 17 heavy (non-hydrogen) atoms. The first-order valence-corrected chi connectivity index (χ1v) is 9.25. The van der Waals surface area contributed by atoms with E-state index in [9.17, 15) is 9.59 Å². The predicted molar refractivity (Wildman–Crippen MR) is 82.3 cm³/mol. The summed E-state index contributed by atoms with van der Waals surface area (Å²) in [5, 5.41) is 1.54. The average molecular weight is 335 g/mol. The highest BCUT2D eigenvalue weighted by molar-refractivity contribution is 8.30. The minimum absolute atomic E-state index is 0.104. The molecule has 0 bridgehead atoms. The lowest BCUT2D eigenvalue weighted by Crippen LogP contribution is -2.09. The van der Waals surface area contributed by atoms with Crippen LogP contribution in [0.1, 0.15) is 13.8 Å². The molecule has 0 fully saturated rings. The molecule has 0 aromatic carbocycles. The van der Waals surface area contributed by atoms with Crippen LogP contribution in [0.15, 0.2) is 0 Å². The molecule has 2 unspecified atom stereocenters. The molecule has 0 rings (SSSR count). The molecule has 7 heteroatoms. The minimum atomic E-state index is -0.104. The molecular weight excluding hydrogens is 319 g/mol. The summed E-state index contributed by atoms with van der Waals surface area (Å²) in [7, 11) is 0. The Balaban J connectivity index is 3.53. The molecule has 0 N–H and O–H groups in total. The molecule has 0 saturated carbocycles. The smallest absolute Gasteiger partial charge is 0.193 e. The molecule has 2 atom stereocenters. The summed E-state index contributed by atoms with van der Waals surface area (Å²) in [6.07, 6.45) is 0. The van der Waals surface area contributed by atoms with Gasteiger partial charge in [0.1, 0.15) is 0 Å². The molecule has 0 aromatic rings. The van der Waals surface area contributed by atoms with Gasteiger partial charge in [-0.3, -0.25) is 9.59 Å². The maximum atomic E-state index is 11.4. The van der Waals surface area contributed by atoms with Crippen LogP contribution in [-0.2, 0) is 9.59 Å². The molecule has 0 aliphatic rings. The fourth-order valence-electron chi connectivity index (χ4n) is 0.644. The minimum Gasteiger partial charge on any atom is -0.287 e. The quantitative estimate of drug-likeness (QED) is 0.382. The van der Waals surface area contributed by atoms with Gasteiger partial charge in [0, 0.05) is 33.8 Å². The highest BCUT2D eigenvalue weighted by Crippen LogP contribution is 2.23. The van der Waals surface area contributed by atoms with E-state index in [1.54, 1.807) is 11.8 Å². The predicted octanol–water partition coefficient (Wildman–Crippen LogP) is 3.90. The van der Waals surface area contributed by atoms with Gasteiger partial charge in [-0.2, -0.15) is 0 Å². The zero-order chi connectivity index (χ0) is 13.3. The Labute approximate surface area is 125 Å². The third-order valence-corrected chi connectivity index (χ3v) is 6.41. The van der Waals surface area contributed by atoms with E-state index in [0.717, 1.165) is 0 Å². The van der Waals surface area contributed by atoms with E-state index in [1.807, 2.05) is 13.8 Å². The summed E-state index contributed by atoms with van der Waals surface area (Å²) < 4.78 is 0. The van der Waals surface area contributed by atoms with Crippen molar-refractivity contribution < 1.29 is 9.59 Å². The number of carbonyl (C=O) groups excluding carboxylic acids is 2. The van der Waals surface area contributed by atoms with Gasteiger partial charge in [-0.1, -0.05) is 37.4 Å². The monoisotopic (exact) mass is 334 g/mol. The first-order chi connectivity index (χ1) is 8.02. The van der Waals surface area contributed by atoms with E-state index in [4.69, 9.17) is 23.2 Å². The summed E-state index contributed by atoms with van der Waals surface area (Å²) >= 11 is 15.2. The van der Waals surface area contributed by atoms with Crippen molar-refractivity contribution in [1.29, 1.82) is 0 Å². The van der Waals surface area contributed by atoms with Crippen LogP contribution >= 0.6 is 58.5 Å². The van der Waals surface area contributed by atoms with Crippen molar-refractivity contribution in [3.63, 3.8) is 0 Å². The van der Waals surface area contributed by atoms with Crippen molar-refractivity contribution >= 4 is 68.7 Å². The van der Waals surface area contributed by atoms with Crippen molar-refractivity contribution in [3.8, 4) is 0 Å². The van der Waals surface area contributed by atoms with Crippen molar-refractivity contribution in [3.05, 3.63) is 0 Å². The van der Waals surface area contributed by atoms with Crippen LogP contribution in [-0.4, -0.2) is 32.2 Å². The third-order valence-electron chi connectivity index (χ3n) is 1.84. The van der Waals surface area contributed by atoms with Gasteiger partial charge in [-0.05, 0) is 0 Å². The van der Waals surface area contributed by atoms with E-state index in [1.165, 1.54) is 23.5 Å². The normalized spacial score (nSPS) is 14.4. The second-order valence-electron chi connectivity index (χ2n) is 3.48. The van der Waals surface area contributed by atoms with Gasteiger partial charge in [0.15, 0.2) is 10.2 Å². The number of hydrogen-bond donors (Lipinski definition) is 0. The third kappa shape index (κ3) is 8.65. The van der Waals surface area contributed by atoms with Crippen molar-refractivity contribution in [1.82, 2.24) is 0 Å². The van der Waals surface area contributed by atoms with E-state index in [0.29, 0.717) is 21.9 Å². The zero-order valence-electron chi connectivity index (χ0n) is 9.78. The number of halogens is 2. The van der Waals surface area contributed by atoms with Gasteiger partial charge in [-0.15, -0.1) is 35.0 Å². The Morgan fingerprint density at radius 1 is 0.941 bits per heavy atom. The molecular formula is C10H16Cl2O2S3. The second kappa shape index (κ2) is 10.9. The fraction of sp³-hybridized carbons (Fsp3) is 0.800. The zero-order valence-corrected chi connectivity index (χ0v) is 13.7. The molecule has 2 nitrogen and oxygen atoms in total. The van der Waals surface area contributed by atoms with Gasteiger partial charge in [0.05, 0.1) is 0 Å². The van der Waals surface area contributed by atoms with E-state index in [-0.39, 0.29) is 22.1 Å². The van der Waals surface area contributed by atoms with Crippen LogP contribution in [0.25, 0.3) is 0 Å². The highest BCUT2D eigenvalue weighted by Gasteiger charge is 2.13. The van der Waals surface area contributed by atoms with Gasteiger partial charge < -0.3 is 0 Å². The molecule has 0 aromatic heterocycles. The number of thioether (sulfide) groups is 3. The lowest BCUT2D eigenvalue weighted by Gasteiger charge is -2.06. The number of rotatable bonds is 8. The van der Waals surface area contributed by atoms with Gasteiger partial charge in [0.25, 0.3) is 0 Å². The van der Waals surface area contributed by atoms with Gasteiger partial charge in [0.2, 0.25) is 0 Å². The van der Waals surface area contributed by atoms with E-state index in [2.05, 4.69) is 0 Å². The summed E-state index contributed by atoms with van der Waals surface area (Å²) in [6.45, 7) is 3.63. The Kier molecular flexibility index (Phi) is 11.5. The molecule has 0 aliphatic heterocycles. The largest absolute Gasteiger partial charge is 0.287 e. The van der Waals surface area contributed by atoms with Crippen LogP contribution in [0.5, 0.6) is 0 Å². The summed E-state index contributed by atoms with van der Waals surface area (Å²) in [5.41, 5.74) is 0. The maximum absolute atomic E-state index is 11.4. The van der Waals surface area contributed by atoms with E-state index >= 15 is 0 Å². The molecule has 0 amide bonds. The lowest BCUT2D eigenvalue weighted by molar-refractivity contribution is -0.114. The van der Waals surface area contributed by atoms with Crippen LogP contribution in [0, 0.1) is 11.8 Å². The molecule has 0 aliphatic carbocycles. The van der Waals surface area contributed by atoms with Crippen molar-refractivity contribution in [2.75, 3.05) is 21.9 Å². The number of alkyl halides is 2. The van der Waals surface area contributed by atoms with Crippen LogP contribution in [0.4, 0.5) is 0 Å². The Bertz CT molecular complexity index is 228. The van der Waals surface area contributed by atoms with Crippen LogP contribution < -0.4 is 0 Å². The summed E-state index contributed by atoms with van der Waals surface area (Å²) in [6, 6.07) is 0.